The van der Waals surface area contributed by atoms with Crippen molar-refractivity contribution in [1.82, 2.24) is 10.2 Å². The van der Waals surface area contributed by atoms with Crippen molar-refractivity contribution in [2.24, 2.45) is 5.92 Å². The number of fused-ring (bicyclic) bond motifs is 1. The zero-order valence-electron chi connectivity index (χ0n) is 8.83. The maximum Gasteiger partial charge on any atom is 0.0671 e. The Labute approximate surface area is 88.9 Å². The fourth-order valence-electron chi connectivity index (χ4n) is 2.33. The van der Waals surface area contributed by atoms with Gasteiger partial charge in [0.15, 0.2) is 0 Å². The summed E-state index contributed by atoms with van der Waals surface area (Å²) in [7, 11) is 0. The summed E-state index contributed by atoms with van der Waals surface area (Å²) in [4.78, 5) is 0. The second kappa shape index (κ2) is 3.26. The van der Waals surface area contributed by atoms with E-state index in [9.17, 15) is 0 Å². The minimum Gasteiger partial charge on any atom is -0.382 e. The third kappa shape index (κ3) is 1.48. The van der Waals surface area contributed by atoms with Crippen molar-refractivity contribution >= 4 is 16.6 Å². The van der Waals surface area contributed by atoms with Crippen molar-refractivity contribution in [2.45, 2.75) is 25.8 Å². The summed E-state index contributed by atoms with van der Waals surface area (Å²) in [5, 5.41) is 11.8. The van der Waals surface area contributed by atoms with E-state index in [1.165, 1.54) is 23.9 Å². The molecule has 2 aromatic rings. The molecular formula is C12H15N3. The average Bonchev–Trinajstić information content (AvgIpc) is 2.64. The number of nitrogens with zero attached hydrogens (tertiary/aromatic N) is 1. The van der Waals surface area contributed by atoms with Gasteiger partial charge in [-0.25, -0.2) is 0 Å². The minimum absolute atomic E-state index is 0.653. The van der Waals surface area contributed by atoms with E-state index < -0.39 is 0 Å². The van der Waals surface area contributed by atoms with Crippen LogP contribution in [0.25, 0.3) is 10.9 Å². The molecule has 2 N–H and O–H groups in total. The Morgan fingerprint density at radius 1 is 1.40 bits per heavy atom. The van der Waals surface area contributed by atoms with Crippen LogP contribution in [-0.4, -0.2) is 16.2 Å². The predicted molar refractivity (Wildman–Crippen MR) is 61.9 cm³/mol. The Hall–Kier alpha value is -1.51. The highest BCUT2D eigenvalue weighted by Gasteiger charge is 2.25. The third-order valence-electron chi connectivity index (χ3n) is 3.22. The van der Waals surface area contributed by atoms with E-state index in [1.807, 2.05) is 6.20 Å². The Kier molecular flexibility index (Phi) is 1.91. The molecule has 15 heavy (non-hydrogen) atoms. The minimum atomic E-state index is 0.653. The van der Waals surface area contributed by atoms with Crippen LogP contribution in [0.5, 0.6) is 0 Å². The molecule has 0 saturated heterocycles. The molecule has 1 fully saturated rings. The summed E-state index contributed by atoms with van der Waals surface area (Å²) in [5.41, 5.74) is 2.31. The van der Waals surface area contributed by atoms with Gasteiger partial charge >= 0.3 is 0 Å². The molecule has 0 aliphatic heterocycles. The predicted octanol–water partition coefficient (Wildman–Crippen LogP) is 2.77. The summed E-state index contributed by atoms with van der Waals surface area (Å²) < 4.78 is 0. The maximum absolute atomic E-state index is 4.06. The lowest BCUT2D eigenvalue weighted by molar-refractivity contribution is 0.309. The van der Waals surface area contributed by atoms with Gasteiger partial charge in [0.1, 0.15) is 0 Å². The van der Waals surface area contributed by atoms with Crippen molar-refractivity contribution in [1.29, 1.82) is 0 Å². The number of H-pyrrole nitrogens is 1. The average molecular weight is 201 g/mol. The van der Waals surface area contributed by atoms with Gasteiger partial charge in [-0.3, -0.25) is 5.10 Å². The molecule has 0 atom stereocenters. The van der Waals surface area contributed by atoms with E-state index >= 15 is 0 Å². The number of hydrogen-bond acceptors (Lipinski definition) is 2. The summed E-state index contributed by atoms with van der Waals surface area (Å²) in [6, 6.07) is 6.89. The largest absolute Gasteiger partial charge is 0.382 e. The quantitative estimate of drug-likeness (QED) is 0.784. The number of benzene rings is 1. The molecule has 1 heterocycles. The van der Waals surface area contributed by atoms with E-state index in [2.05, 4.69) is 40.6 Å². The number of hydrogen-bond donors (Lipinski definition) is 2. The molecule has 1 aliphatic rings. The van der Waals surface area contributed by atoms with Crippen LogP contribution in [0.1, 0.15) is 19.8 Å². The van der Waals surface area contributed by atoms with Gasteiger partial charge in [-0.1, -0.05) is 13.0 Å². The molecule has 0 radical (unpaired) electrons. The summed E-state index contributed by atoms with van der Waals surface area (Å²) in [5.74, 6) is 0.881. The maximum atomic E-state index is 4.06. The molecule has 3 nitrogen and oxygen atoms in total. The summed E-state index contributed by atoms with van der Waals surface area (Å²) >= 11 is 0. The zero-order valence-corrected chi connectivity index (χ0v) is 8.83. The Bertz CT molecular complexity index is 468. The Morgan fingerprint density at radius 3 is 3.07 bits per heavy atom. The molecule has 3 rings (SSSR count). The van der Waals surface area contributed by atoms with Crippen LogP contribution in [0.15, 0.2) is 24.4 Å². The molecule has 0 bridgehead atoms. The second-order valence-electron chi connectivity index (χ2n) is 4.55. The number of nitrogens with one attached hydrogen (secondary N) is 2. The molecular weight excluding hydrogens is 186 g/mol. The highest BCUT2D eigenvalue weighted by Crippen LogP contribution is 2.31. The monoisotopic (exact) mass is 201 g/mol. The van der Waals surface area contributed by atoms with Gasteiger partial charge in [-0.2, -0.15) is 5.10 Å². The van der Waals surface area contributed by atoms with Crippen LogP contribution in [0.3, 0.4) is 0 Å². The number of aromatic nitrogens is 2. The first-order chi connectivity index (χ1) is 7.33. The first kappa shape index (κ1) is 8.77. The van der Waals surface area contributed by atoms with Gasteiger partial charge in [0.05, 0.1) is 11.7 Å². The van der Waals surface area contributed by atoms with E-state index in [-0.39, 0.29) is 0 Å². The van der Waals surface area contributed by atoms with Crippen molar-refractivity contribution in [3.05, 3.63) is 24.4 Å². The normalized spacial score (nSPS) is 25.1. The Morgan fingerprint density at radius 2 is 2.27 bits per heavy atom. The van der Waals surface area contributed by atoms with Crippen molar-refractivity contribution in [3.8, 4) is 0 Å². The molecule has 78 valence electrons. The zero-order chi connectivity index (χ0) is 10.3. The molecule has 1 aromatic carbocycles. The van der Waals surface area contributed by atoms with Crippen LogP contribution in [0.4, 0.5) is 5.69 Å². The molecule has 3 heteroatoms. The molecule has 0 unspecified atom stereocenters. The van der Waals surface area contributed by atoms with E-state index in [0.717, 1.165) is 11.4 Å². The van der Waals surface area contributed by atoms with Gasteiger partial charge in [0, 0.05) is 17.1 Å². The first-order valence-electron chi connectivity index (χ1n) is 5.51. The number of aromatic amines is 1. The van der Waals surface area contributed by atoms with Crippen LogP contribution < -0.4 is 5.32 Å². The van der Waals surface area contributed by atoms with Gasteiger partial charge < -0.3 is 5.32 Å². The molecule has 1 saturated carbocycles. The van der Waals surface area contributed by atoms with E-state index in [4.69, 9.17) is 0 Å². The standard InChI is InChI=1S/C12H15N3/c1-8-5-9(6-8)14-11-3-2-4-12-10(11)7-13-15-12/h2-4,7-9,14H,5-6H2,1H3,(H,13,15). The molecule has 0 spiro atoms. The summed E-state index contributed by atoms with van der Waals surface area (Å²) in [6.45, 7) is 2.30. The van der Waals surface area contributed by atoms with Gasteiger partial charge in [0.2, 0.25) is 0 Å². The Balaban J connectivity index is 1.87. The summed E-state index contributed by atoms with van der Waals surface area (Å²) in [6.07, 6.45) is 4.46. The van der Waals surface area contributed by atoms with Gasteiger partial charge in [0.25, 0.3) is 0 Å². The van der Waals surface area contributed by atoms with Crippen LogP contribution in [-0.2, 0) is 0 Å². The van der Waals surface area contributed by atoms with Gasteiger partial charge in [-0.15, -0.1) is 0 Å². The van der Waals surface area contributed by atoms with E-state index in [0.29, 0.717) is 6.04 Å². The van der Waals surface area contributed by atoms with Crippen molar-refractivity contribution < 1.29 is 0 Å². The molecule has 1 aliphatic carbocycles. The smallest absolute Gasteiger partial charge is 0.0671 e. The SMILES string of the molecule is CC1CC(Nc2cccc3[nH]ncc23)C1. The van der Waals surface area contributed by atoms with Crippen molar-refractivity contribution in [2.75, 3.05) is 5.32 Å². The van der Waals surface area contributed by atoms with Crippen LogP contribution in [0.2, 0.25) is 0 Å². The topological polar surface area (TPSA) is 40.7 Å². The number of rotatable bonds is 2. The molecule has 1 aromatic heterocycles. The van der Waals surface area contributed by atoms with Gasteiger partial charge in [-0.05, 0) is 30.9 Å². The second-order valence-corrected chi connectivity index (χ2v) is 4.55. The number of anilines is 1. The van der Waals surface area contributed by atoms with Crippen LogP contribution in [0, 0.1) is 5.92 Å². The lowest BCUT2D eigenvalue weighted by Crippen LogP contribution is -2.33. The third-order valence-corrected chi connectivity index (χ3v) is 3.22. The fourth-order valence-corrected chi connectivity index (χ4v) is 2.33. The van der Waals surface area contributed by atoms with E-state index in [1.54, 1.807) is 0 Å². The fraction of sp³-hybridized carbons (Fsp3) is 0.417. The van der Waals surface area contributed by atoms with Crippen LogP contribution >= 0.6 is 0 Å². The molecule has 0 amide bonds. The lowest BCUT2D eigenvalue weighted by atomic mass is 9.82. The first-order valence-corrected chi connectivity index (χ1v) is 5.51. The highest BCUT2D eigenvalue weighted by molar-refractivity contribution is 5.90. The van der Waals surface area contributed by atoms with Crippen molar-refractivity contribution in [3.63, 3.8) is 0 Å². The lowest BCUT2D eigenvalue weighted by Gasteiger charge is -2.34. The highest BCUT2D eigenvalue weighted by atomic mass is 15.1.